The number of hydrogen-bond donors (Lipinski definition) is 1. The molecule has 0 fully saturated rings. The Hall–Kier alpha value is -2.72. The highest BCUT2D eigenvalue weighted by molar-refractivity contribution is 8.00. The van der Waals surface area contributed by atoms with E-state index < -0.39 is 5.25 Å². The Morgan fingerprint density at radius 3 is 2.81 bits per heavy atom. The summed E-state index contributed by atoms with van der Waals surface area (Å²) in [7, 11) is 3.11. The van der Waals surface area contributed by atoms with E-state index in [-0.39, 0.29) is 5.91 Å². The Morgan fingerprint density at radius 2 is 2.11 bits per heavy atom. The van der Waals surface area contributed by atoms with E-state index in [1.165, 1.54) is 11.8 Å². The van der Waals surface area contributed by atoms with E-state index in [0.29, 0.717) is 27.8 Å². The van der Waals surface area contributed by atoms with Gasteiger partial charge < -0.3 is 14.8 Å². The van der Waals surface area contributed by atoms with Gasteiger partial charge >= 0.3 is 0 Å². The monoisotopic (exact) mass is 383 g/mol. The average Bonchev–Trinajstić information content (AvgIpc) is 3.14. The Labute approximate surface area is 162 Å². The second-order valence-corrected chi connectivity index (χ2v) is 7.56. The van der Waals surface area contributed by atoms with Gasteiger partial charge in [0, 0.05) is 11.8 Å². The predicted octanol–water partition coefficient (Wildman–Crippen LogP) is 3.58. The molecular formula is C20H21N3O3S. The number of hydrogen-bond acceptors (Lipinski definition) is 6. The molecule has 0 saturated carbocycles. The van der Waals surface area contributed by atoms with Gasteiger partial charge in [0.1, 0.15) is 22.6 Å². The molecule has 3 rings (SSSR count). The first-order valence-electron chi connectivity index (χ1n) is 8.68. The van der Waals surface area contributed by atoms with E-state index in [1.54, 1.807) is 39.3 Å². The van der Waals surface area contributed by atoms with Crippen molar-refractivity contribution in [2.45, 2.75) is 36.5 Å². The molecule has 140 valence electrons. The molecule has 0 saturated heterocycles. The molecule has 1 aliphatic rings. The topological polar surface area (TPSA) is 84.2 Å². The molecule has 1 amide bonds. The Bertz CT molecular complexity index is 908. The zero-order valence-corrected chi connectivity index (χ0v) is 16.4. The van der Waals surface area contributed by atoms with Crippen molar-refractivity contribution < 1.29 is 14.3 Å². The third-order valence-electron chi connectivity index (χ3n) is 4.46. The number of anilines is 1. The molecule has 0 spiro atoms. The second kappa shape index (κ2) is 8.31. The molecule has 27 heavy (non-hydrogen) atoms. The fourth-order valence-corrected chi connectivity index (χ4v) is 3.89. The highest BCUT2D eigenvalue weighted by Crippen LogP contribution is 2.32. The lowest BCUT2D eigenvalue weighted by Crippen LogP contribution is -2.23. The van der Waals surface area contributed by atoms with Crippen molar-refractivity contribution in [2.24, 2.45) is 0 Å². The van der Waals surface area contributed by atoms with Gasteiger partial charge in [-0.3, -0.25) is 4.79 Å². The number of nitriles is 1. The van der Waals surface area contributed by atoms with Crippen LogP contribution in [0.15, 0.2) is 29.3 Å². The molecule has 1 heterocycles. The number of nitrogens with one attached hydrogen (secondary N) is 1. The van der Waals surface area contributed by atoms with Gasteiger partial charge in [0.05, 0.1) is 30.7 Å². The van der Waals surface area contributed by atoms with E-state index >= 15 is 0 Å². The van der Waals surface area contributed by atoms with Crippen LogP contribution in [0.25, 0.3) is 0 Å². The summed E-state index contributed by atoms with van der Waals surface area (Å²) in [5.41, 5.74) is 3.25. The maximum Gasteiger partial charge on any atom is 0.237 e. The van der Waals surface area contributed by atoms with Crippen molar-refractivity contribution in [3.8, 4) is 17.6 Å². The first-order valence-corrected chi connectivity index (χ1v) is 9.56. The summed E-state index contributed by atoms with van der Waals surface area (Å²) < 4.78 is 10.5. The van der Waals surface area contributed by atoms with Gasteiger partial charge in [-0.05, 0) is 49.9 Å². The third-order valence-corrected chi connectivity index (χ3v) is 5.56. The summed E-state index contributed by atoms with van der Waals surface area (Å²) >= 11 is 1.29. The number of amides is 1. The molecule has 1 aliphatic carbocycles. The van der Waals surface area contributed by atoms with Crippen molar-refractivity contribution in [2.75, 3.05) is 19.5 Å². The maximum absolute atomic E-state index is 12.7. The Morgan fingerprint density at radius 1 is 1.30 bits per heavy atom. The number of carbonyl (C=O) groups excluding carboxylic acids is 1. The van der Waals surface area contributed by atoms with Crippen LogP contribution in [0, 0.1) is 11.3 Å². The molecule has 1 N–H and O–H groups in total. The number of nitrogens with zero attached hydrogens (tertiary/aromatic N) is 2. The third kappa shape index (κ3) is 4.17. The van der Waals surface area contributed by atoms with Gasteiger partial charge in [0.25, 0.3) is 0 Å². The van der Waals surface area contributed by atoms with Crippen molar-refractivity contribution in [1.82, 2.24) is 4.98 Å². The fourth-order valence-electron chi connectivity index (χ4n) is 2.99. The minimum absolute atomic E-state index is 0.197. The molecule has 1 atom stereocenters. The van der Waals surface area contributed by atoms with Crippen LogP contribution in [-0.2, 0) is 17.6 Å². The first-order chi connectivity index (χ1) is 13.0. The maximum atomic E-state index is 12.7. The molecule has 0 radical (unpaired) electrons. The van der Waals surface area contributed by atoms with Crippen LogP contribution in [0.4, 0.5) is 5.69 Å². The van der Waals surface area contributed by atoms with Crippen LogP contribution in [0.3, 0.4) is 0 Å². The minimum atomic E-state index is -0.431. The molecule has 1 aromatic heterocycles. The second-order valence-electron chi connectivity index (χ2n) is 6.23. The van der Waals surface area contributed by atoms with Crippen LogP contribution >= 0.6 is 11.8 Å². The molecule has 6 nitrogen and oxygen atoms in total. The van der Waals surface area contributed by atoms with Crippen LogP contribution < -0.4 is 14.8 Å². The molecule has 1 aromatic carbocycles. The zero-order chi connectivity index (χ0) is 19.4. The molecule has 2 aromatic rings. The van der Waals surface area contributed by atoms with E-state index in [4.69, 9.17) is 9.47 Å². The standard InChI is InChI=1S/C20H21N3O3S/c1-12(19(24)22-17-10-15(25-2)7-8-18(17)26-3)27-20-14(11-21)9-13-5-4-6-16(13)23-20/h7-10,12H,4-6H2,1-3H3,(H,22,24). The minimum Gasteiger partial charge on any atom is -0.497 e. The summed E-state index contributed by atoms with van der Waals surface area (Å²) in [5.74, 6) is 0.978. The largest absolute Gasteiger partial charge is 0.497 e. The SMILES string of the molecule is COc1ccc(OC)c(NC(=O)C(C)Sc2nc3c(cc2C#N)CCC3)c1. The Balaban J connectivity index is 1.76. The molecule has 0 bridgehead atoms. The number of methoxy groups -OCH3 is 2. The number of ether oxygens (including phenoxy) is 2. The summed E-state index contributed by atoms with van der Waals surface area (Å²) in [6.07, 6.45) is 2.96. The molecule has 1 unspecified atom stereocenters. The Kier molecular flexibility index (Phi) is 5.87. The molecule has 7 heteroatoms. The van der Waals surface area contributed by atoms with Crippen molar-refractivity contribution in [1.29, 1.82) is 5.26 Å². The number of fused-ring (bicyclic) bond motifs is 1. The van der Waals surface area contributed by atoms with Gasteiger partial charge in [-0.25, -0.2) is 4.98 Å². The van der Waals surface area contributed by atoms with Crippen LogP contribution in [0.5, 0.6) is 11.5 Å². The van der Waals surface area contributed by atoms with E-state index in [9.17, 15) is 10.1 Å². The summed E-state index contributed by atoms with van der Waals surface area (Å²) in [4.78, 5) is 17.3. The number of benzene rings is 1. The van der Waals surface area contributed by atoms with Crippen LogP contribution in [0.2, 0.25) is 0 Å². The number of pyridine rings is 1. The van der Waals surface area contributed by atoms with Gasteiger partial charge in [-0.2, -0.15) is 5.26 Å². The lowest BCUT2D eigenvalue weighted by molar-refractivity contribution is -0.115. The van der Waals surface area contributed by atoms with Crippen molar-refractivity contribution in [3.63, 3.8) is 0 Å². The predicted molar refractivity (Wildman–Crippen MR) is 104 cm³/mol. The van der Waals surface area contributed by atoms with Crippen molar-refractivity contribution in [3.05, 3.63) is 41.1 Å². The number of aryl methyl sites for hydroxylation is 2. The molecule has 0 aliphatic heterocycles. The normalized spacial score (nSPS) is 13.4. The van der Waals surface area contributed by atoms with Gasteiger partial charge in [0.15, 0.2) is 0 Å². The summed E-state index contributed by atoms with van der Waals surface area (Å²) in [5, 5.41) is 12.5. The summed E-state index contributed by atoms with van der Waals surface area (Å²) in [6, 6.07) is 9.32. The molecular weight excluding hydrogens is 362 g/mol. The lowest BCUT2D eigenvalue weighted by atomic mass is 10.2. The number of carbonyl (C=O) groups is 1. The average molecular weight is 383 g/mol. The quantitative estimate of drug-likeness (QED) is 0.768. The van der Waals surface area contributed by atoms with Gasteiger partial charge in [-0.1, -0.05) is 11.8 Å². The number of rotatable bonds is 6. The van der Waals surface area contributed by atoms with E-state index in [0.717, 1.165) is 30.5 Å². The van der Waals surface area contributed by atoms with Crippen LogP contribution in [0.1, 0.15) is 30.2 Å². The highest BCUT2D eigenvalue weighted by Gasteiger charge is 2.22. The first kappa shape index (κ1) is 19.1. The highest BCUT2D eigenvalue weighted by atomic mass is 32.2. The fraction of sp³-hybridized carbons (Fsp3) is 0.350. The van der Waals surface area contributed by atoms with Gasteiger partial charge in [0.2, 0.25) is 5.91 Å². The van der Waals surface area contributed by atoms with Crippen LogP contribution in [-0.4, -0.2) is 30.4 Å². The number of aromatic nitrogens is 1. The van der Waals surface area contributed by atoms with E-state index in [2.05, 4.69) is 16.4 Å². The lowest BCUT2D eigenvalue weighted by Gasteiger charge is -2.15. The van der Waals surface area contributed by atoms with E-state index in [1.807, 2.05) is 6.07 Å². The zero-order valence-electron chi connectivity index (χ0n) is 15.5. The number of thioether (sulfide) groups is 1. The van der Waals surface area contributed by atoms with Gasteiger partial charge in [-0.15, -0.1) is 0 Å². The smallest absolute Gasteiger partial charge is 0.237 e. The summed E-state index contributed by atoms with van der Waals surface area (Å²) in [6.45, 7) is 1.79. The van der Waals surface area contributed by atoms with Crippen molar-refractivity contribution >= 4 is 23.4 Å².